The Kier molecular flexibility index (Phi) is 7.06. The number of anilines is 2. The first kappa shape index (κ1) is 23.9. The molecule has 0 spiro atoms. The summed E-state index contributed by atoms with van der Waals surface area (Å²) >= 11 is 0. The van der Waals surface area contributed by atoms with Crippen molar-refractivity contribution in [1.29, 1.82) is 0 Å². The van der Waals surface area contributed by atoms with Crippen molar-refractivity contribution in [2.24, 2.45) is 7.05 Å². The zero-order valence-corrected chi connectivity index (χ0v) is 20.4. The molecule has 0 unspecified atom stereocenters. The number of aryl methyl sites for hydroxylation is 1. The molecule has 1 heterocycles. The third kappa shape index (κ3) is 6.63. The average molecular weight is 471 g/mol. The molecule has 1 aromatic heterocycles. The maximum atomic E-state index is 12.4. The second kappa shape index (κ2) is 10.3. The fourth-order valence-corrected chi connectivity index (χ4v) is 3.32. The lowest BCUT2D eigenvalue weighted by atomic mass is 9.92. The van der Waals surface area contributed by atoms with Crippen molar-refractivity contribution in [1.82, 2.24) is 9.78 Å². The van der Waals surface area contributed by atoms with Crippen molar-refractivity contribution in [3.63, 3.8) is 0 Å². The number of nitrogens with one attached hydrogen (secondary N) is 2. The van der Waals surface area contributed by atoms with Gasteiger partial charge in [-0.05, 0) is 54.1 Å². The summed E-state index contributed by atoms with van der Waals surface area (Å²) in [5.41, 5.74) is 2.58. The van der Waals surface area contributed by atoms with E-state index in [0.717, 1.165) is 17.0 Å². The number of carbonyl (C=O) groups is 1. The van der Waals surface area contributed by atoms with Crippen molar-refractivity contribution >= 4 is 17.5 Å². The number of benzene rings is 3. The first-order valence-electron chi connectivity index (χ1n) is 11.4. The van der Waals surface area contributed by atoms with Gasteiger partial charge in [0.25, 0.3) is 0 Å². The number of nitrogens with zero attached hydrogens (tertiary/aromatic N) is 2. The van der Waals surface area contributed by atoms with Crippen LogP contribution in [-0.2, 0) is 19.1 Å². The van der Waals surface area contributed by atoms with Gasteiger partial charge in [0.05, 0.1) is 5.69 Å². The van der Waals surface area contributed by atoms with Gasteiger partial charge in [0, 0.05) is 24.2 Å². The van der Waals surface area contributed by atoms with Gasteiger partial charge in [-0.15, -0.1) is 0 Å². The summed E-state index contributed by atoms with van der Waals surface area (Å²) in [5, 5.41) is 10.1. The molecule has 0 saturated heterocycles. The van der Waals surface area contributed by atoms with Crippen molar-refractivity contribution in [2.75, 3.05) is 10.6 Å². The zero-order valence-electron chi connectivity index (χ0n) is 20.4. The van der Waals surface area contributed by atoms with Crippen LogP contribution >= 0.6 is 0 Å². The Balaban J connectivity index is 1.28. The molecule has 7 heteroatoms. The Labute approximate surface area is 205 Å². The molecule has 0 fully saturated rings. The maximum absolute atomic E-state index is 12.4. The highest BCUT2D eigenvalue weighted by atomic mass is 16.5. The van der Waals surface area contributed by atoms with Crippen molar-refractivity contribution < 1.29 is 14.3 Å². The third-order valence-electron chi connectivity index (χ3n) is 5.31. The normalized spacial score (nSPS) is 11.1. The molecule has 4 rings (SSSR count). The molecule has 0 aliphatic heterocycles. The number of amides is 2. The number of rotatable bonds is 7. The van der Waals surface area contributed by atoms with E-state index >= 15 is 0 Å². The standard InChI is InChI=1S/C28H30N4O3/c1-28(2,3)25-18-26(32(4)31-25)30-27(33)29-21-10-12-23(13-11-21)35-24-16-14-22(15-17-24)34-19-20-8-6-5-7-9-20/h5-18H,19H2,1-4H3,(H2,29,30,33). The monoisotopic (exact) mass is 470 g/mol. The molecule has 4 aromatic rings. The van der Waals surface area contributed by atoms with E-state index in [9.17, 15) is 4.79 Å². The van der Waals surface area contributed by atoms with E-state index in [1.165, 1.54) is 0 Å². The predicted octanol–water partition coefficient (Wildman–Crippen LogP) is 6.73. The minimum Gasteiger partial charge on any atom is -0.489 e. The molecule has 2 amide bonds. The number of hydrogen-bond acceptors (Lipinski definition) is 4. The van der Waals surface area contributed by atoms with E-state index < -0.39 is 0 Å². The van der Waals surface area contributed by atoms with Crippen LogP contribution in [0.5, 0.6) is 17.2 Å². The van der Waals surface area contributed by atoms with E-state index in [-0.39, 0.29) is 11.4 Å². The highest BCUT2D eigenvalue weighted by Crippen LogP contribution is 2.26. The lowest BCUT2D eigenvalue weighted by Gasteiger charge is -2.13. The molecule has 35 heavy (non-hydrogen) atoms. The Morgan fingerprint density at radius 1 is 0.857 bits per heavy atom. The lowest BCUT2D eigenvalue weighted by Crippen LogP contribution is -2.20. The van der Waals surface area contributed by atoms with Crippen LogP contribution in [0.25, 0.3) is 0 Å². The molecule has 0 atom stereocenters. The lowest BCUT2D eigenvalue weighted by molar-refractivity contribution is 0.262. The summed E-state index contributed by atoms with van der Waals surface area (Å²) in [7, 11) is 1.80. The molecular formula is C28H30N4O3. The summed E-state index contributed by atoms with van der Waals surface area (Å²) in [5.74, 6) is 2.76. The molecule has 0 aliphatic carbocycles. The largest absolute Gasteiger partial charge is 0.489 e. The smallest absolute Gasteiger partial charge is 0.324 e. The molecule has 3 aromatic carbocycles. The second-order valence-corrected chi connectivity index (χ2v) is 9.24. The highest BCUT2D eigenvalue weighted by molar-refractivity contribution is 5.99. The highest BCUT2D eigenvalue weighted by Gasteiger charge is 2.19. The number of aromatic nitrogens is 2. The van der Waals surface area contributed by atoms with Gasteiger partial charge in [-0.3, -0.25) is 10.00 Å². The van der Waals surface area contributed by atoms with Gasteiger partial charge in [0.15, 0.2) is 0 Å². The van der Waals surface area contributed by atoms with Gasteiger partial charge >= 0.3 is 6.03 Å². The van der Waals surface area contributed by atoms with Gasteiger partial charge < -0.3 is 14.8 Å². The van der Waals surface area contributed by atoms with E-state index in [4.69, 9.17) is 9.47 Å². The Morgan fingerprint density at radius 2 is 1.46 bits per heavy atom. The van der Waals surface area contributed by atoms with Crippen LogP contribution in [0.4, 0.5) is 16.3 Å². The number of urea groups is 1. The minimum absolute atomic E-state index is 0.0977. The second-order valence-electron chi connectivity index (χ2n) is 9.24. The molecule has 0 bridgehead atoms. The summed E-state index contributed by atoms with van der Waals surface area (Å²) < 4.78 is 13.4. The van der Waals surface area contributed by atoms with Gasteiger partial charge in [-0.2, -0.15) is 5.10 Å². The van der Waals surface area contributed by atoms with Gasteiger partial charge in [0.2, 0.25) is 0 Å². The number of carbonyl (C=O) groups excluding carboxylic acids is 1. The van der Waals surface area contributed by atoms with Crippen LogP contribution in [0.1, 0.15) is 32.0 Å². The summed E-state index contributed by atoms with van der Waals surface area (Å²) in [6.45, 7) is 6.76. The van der Waals surface area contributed by atoms with Crippen molar-refractivity contribution in [2.45, 2.75) is 32.8 Å². The maximum Gasteiger partial charge on any atom is 0.324 e. The fourth-order valence-electron chi connectivity index (χ4n) is 3.32. The molecule has 0 radical (unpaired) electrons. The SMILES string of the molecule is Cn1nc(C(C)(C)C)cc1NC(=O)Nc1ccc(Oc2ccc(OCc3ccccc3)cc2)cc1. The Morgan fingerprint density at radius 3 is 2.06 bits per heavy atom. The third-order valence-corrected chi connectivity index (χ3v) is 5.31. The molecule has 0 aliphatic rings. The minimum atomic E-state index is -0.340. The first-order valence-corrected chi connectivity index (χ1v) is 11.4. The van der Waals surface area contributed by atoms with Gasteiger partial charge in [-0.25, -0.2) is 4.79 Å². The summed E-state index contributed by atoms with van der Waals surface area (Å²) in [6, 6.07) is 26.2. The van der Waals surface area contributed by atoms with E-state index in [1.54, 1.807) is 36.0 Å². The van der Waals surface area contributed by atoms with E-state index in [2.05, 4.69) is 36.5 Å². The predicted molar refractivity (Wildman–Crippen MR) is 138 cm³/mol. The Bertz CT molecular complexity index is 1260. The van der Waals surface area contributed by atoms with Crippen molar-refractivity contribution in [3.8, 4) is 17.2 Å². The molecular weight excluding hydrogens is 440 g/mol. The average Bonchev–Trinajstić information content (AvgIpc) is 3.21. The number of hydrogen-bond donors (Lipinski definition) is 2. The van der Waals surface area contributed by atoms with Crippen LogP contribution in [0.2, 0.25) is 0 Å². The summed E-state index contributed by atoms with van der Waals surface area (Å²) in [4.78, 5) is 12.4. The molecule has 180 valence electrons. The van der Waals surface area contributed by atoms with Crippen LogP contribution in [0, 0.1) is 0 Å². The van der Waals surface area contributed by atoms with Gasteiger partial charge in [-0.1, -0.05) is 51.1 Å². The fraction of sp³-hybridized carbons (Fsp3) is 0.214. The molecule has 7 nitrogen and oxygen atoms in total. The van der Waals surface area contributed by atoms with Crippen LogP contribution in [0.15, 0.2) is 84.9 Å². The van der Waals surface area contributed by atoms with Crippen LogP contribution in [-0.4, -0.2) is 15.8 Å². The van der Waals surface area contributed by atoms with Crippen LogP contribution in [0.3, 0.4) is 0 Å². The molecule has 0 saturated carbocycles. The topological polar surface area (TPSA) is 77.4 Å². The molecule has 2 N–H and O–H groups in total. The quantitative estimate of drug-likeness (QED) is 0.314. The van der Waals surface area contributed by atoms with E-state index in [1.807, 2.05) is 60.7 Å². The Hall–Kier alpha value is -4.26. The van der Waals surface area contributed by atoms with Crippen molar-refractivity contribution in [3.05, 3.63) is 96.2 Å². The summed E-state index contributed by atoms with van der Waals surface area (Å²) in [6.07, 6.45) is 0. The number of ether oxygens (including phenoxy) is 2. The van der Waals surface area contributed by atoms with E-state index in [0.29, 0.717) is 29.6 Å². The first-order chi connectivity index (χ1) is 16.8. The van der Waals surface area contributed by atoms with Crippen LogP contribution < -0.4 is 20.1 Å². The zero-order chi connectivity index (χ0) is 24.8. The van der Waals surface area contributed by atoms with Gasteiger partial charge in [0.1, 0.15) is 29.7 Å².